The van der Waals surface area contributed by atoms with Gasteiger partial charge in [-0.1, -0.05) is 119 Å². The molecule has 0 fully saturated rings. The minimum Gasteiger partial charge on any atom is -1.00 e. The van der Waals surface area contributed by atoms with Crippen LogP contribution in [0.5, 0.6) is 11.5 Å². The summed E-state index contributed by atoms with van der Waals surface area (Å²) in [7, 11) is 0. The van der Waals surface area contributed by atoms with Crippen molar-refractivity contribution >= 4 is 34.5 Å². The van der Waals surface area contributed by atoms with Gasteiger partial charge < -0.3 is 31.8 Å². The third kappa shape index (κ3) is 13.6. The average molecular weight is 666 g/mol. The molecule has 0 saturated heterocycles. The number of halogens is 2. The van der Waals surface area contributed by atoms with Crippen molar-refractivity contribution in [3.8, 4) is 11.5 Å². The smallest absolute Gasteiger partial charge is 0.262 e. The van der Waals surface area contributed by atoms with Crippen LogP contribution in [0.2, 0.25) is 5.02 Å². The predicted molar refractivity (Wildman–Crippen MR) is 167 cm³/mol. The summed E-state index contributed by atoms with van der Waals surface area (Å²) in [6.45, 7) is 5.59. The van der Waals surface area contributed by atoms with Crippen molar-refractivity contribution in [2.75, 3.05) is 18.5 Å². The van der Waals surface area contributed by atoms with E-state index in [2.05, 4.69) is 34.6 Å². The number of rotatable bonds is 20. The van der Waals surface area contributed by atoms with Crippen molar-refractivity contribution in [1.82, 2.24) is 0 Å². The first kappa shape index (κ1) is 35.1. The van der Waals surface area contributed by atoms with Crippen molar-refractivity contribution in [2.45, 2.75) is 97.4 Å². The number of carbonyl (C=O) groups is 1. The second-order valence-corrected chi connectivity index (χ2v) is 11.6. The van der Waals surface area contributed by atoms with E-state index in [4.69, 9.17) is 21.1 Å². The highest BCUT2D eigenvalue weighted by Gasteiger charge is 2.14. The second kappa shape index (κ2) is 20.7. The third-order valence-corrected chi connectivity index (χ3v) is 8.19. The van der Waals surface area contributed by atoms with Gasteiger partial charge >= 0.3 is 0 Å². The van der Waals surface area contributed by atoms with Crippen molar-refractivity contribution in [1.29, 1.82) is 0 Å². The highest BCUT2D eigenvalue weighted by atomic mass is 79.9. The van der Waals surface area contributed by atoms with Gasteiger partial charge in [0.15, 0.2) is 18.8 Å². The lowest BCUT2D eigenvalue weighted by Gasteiger charge is -2.12. The molecular formula is C33H46BrClN2O3S. The standard InChI is InChI=1S/C33H45ClN2O3S.BrH/c1-3-4-5-6-7-8-9-10-11-12-13-16-21-38-32-20-19-29(22-30(32)34)39-24-33(37)35-31-18-15-14-17-28(31)23-36-26-40-25-27(36)2;/h14-15,17-20,22,25-26H,3-13,16,21,23-24H2,1-2H3;1H. The first-order chi connectivity index (χ1) is 19.6. The van der Waals surface area contributed by atoms with E-state index in [1.165, 1.54) is 76.3 Å². The number of nitrogens with one attached hydrogen (secondary N) is 1. The summed E-state index contributed by atoms with van der Waals surface area (Å²) in [6, 6.07) is 13.1. The molecule has 3 aromatic rings. The molecule has 1 aromatic heterocycles. The maximum absolute atomic E-state index is 12.6. The number of hydrogen-bond acceptors (Lipinski definition) is 4. The zero-order chi connectivity index (χ0) is 28.4. The van der Waals surface area contributed by atoms with E-state index in [1.54, 1.807) is 23.5 Å². The zero-order valence-corrected chi connectivity index (χ0v) is 27.8. The molecule has 226 valence electrons. The quantitative estimate of drug-likeness (QED) is 0.116. The number of para-hydroxylation sites is 1. The van der Waals surface area contributed by atoms with E-state index in [1.807, 2.05) is 30.3 Å². The minimum atomic E-state index is -0.220. The largest absolute Gasteiger partial charge is 1.00 e. The second-order valence-electron chi connectivity index (χ2n) is 10.5. The summed E-state index contributed by atoms with van der Waals surface area (Å²) in [5.74, 6) is 0.968. The van der Waals surface area contributed by atoms with E-state index >= 15 is 0 Å². The van der Waals surface area contributed by atoms with Gasteiger partial charge in [-0.2, -0.15) is 4.57 Å². The highest BCUT2D eigenvalue weighted by molar-refractivity contribution is 7.07. The Kier molecular flexibility index (Phi) is 17.8. The van der Waals surface area contributed by atoms with Crippen molar-refractivity contribution < 1.29 is 35.8 Å². The Morgan fingerprint density at radius 1 is 0.902 bits per heavy atom. The fourth-order valence-corrected chi connectivity index (χ4v) is 5.63. The first-order valence-corrected chi connectivity index (χ1v) is 16.2. The number of thiazole rings is 1. The molecule has 0 aliphatic carbocycles. The SMILES string of the molecule is CCCCCCCCCCCCCCOc1ccc(OCC(=O)Nc2ccccc2C[n+]2cscc2C)cc1Cl.[Br-]. The van der Waals surface area contributed by atoms with Crippen molar-refractivity contribution in [3.63, 3.8) is 0 Å². The summed E-state index contributed by atoms with van der Waals surface area (Å²) >= 11 is 8.08. The molecule has 0 saturated carbocycles. The molecule has 0 aliphatic heterocycles. The van der Waals surface area contributed by atoms with Gasteiger partial charge in [0.25, 0.3) is 5.91 Å². The van der Waals surface area contributed by atoms with E-state index in [9.17, 15) is 4.79 Å². The van der Waals surface area contributed by atoms with Gasteiger partial charge in [0.1, 0.15) is 11.5 Å². The average Bonchev–Trinajstić information content (AvgIpc) is 3.36. The molecule has 2 aromatic carbocycles. The number of benzene rings is 2. The number of aryl methyl sites for hydroxylation is 1. The number of unbranched alkanes of at least 4 members (excludes halogenated alkanes) is 11. The lowest BCUT2D eigenvalue weighted by Crippen LogP contribution is -3.00. The number of anilines is 1. The van der Waals surface area contributed by atoms with Gasteiger partial charge in [0.05, 0.1) is 22.7 Å². The minimum absolute atomic E-state index is 0. The molecule has 1 heterocycles. The van der Waals surface area contributed by atoms with E-state index in [-0.39, 0.29) is 29.5 Å². The molecule has 0 radical (unpaired) electrons. The fraction of sp³-hybridized carbons (Fsp3) is 0.515. The molecule has 1 N–H and O–H groups in total. The van der Waals surface area contributed by atoms with Crippen LogP contribution in [0.15, 0.2) is 53.4 Å². The maximum atomic E-state index is 12.6. The Bertz CT molecular complexity index is 1160. The Balaban J connectivity index is 0.00000588. The number of amides is 1. The van der Waals surface area contributed by atoms with Crippen molar-refractivity contribution in [3.05, 3.63) is 69.6 Å². The topological polar surface area (TPSA) is 51.4 Å². The van der Waals surface area contributed by atoms with Gasteiger partial charge in [-0.25, -0.2) is 0 Å². The van der Waals surface area contributed by atoms with Crippen LogP contribution in [0.25, 0.3) is 0 Å². The molecule has 0 aliphatic rings. The molecule has 0 unspecified atom stereocenters. The van der Waals surface area contributed by atoms with E-state index in [0.717, 1.165) is 17.7 Å². The van der Waals surface area contributed by atoms with Crippen LogP contribution in [-0.4, -0.2) is 19.1 Å². The highest BCUT2D eigenvalue weighted by Crippen LogP contribution is 2.29. The zero-order valence-electron chi connectivity index (χ0n) is 24.6. The number of aromatic nitrogens is 1. The van der Waals surface area contributed by atoms with Crippen LogP contribution in [0.1, 0.15) is 95.2 Å². The van der Waals surface area contributed by atoms with Crippen LogP contribution < -0.4 is 36.3 Å². The summed E-state index contributed by atoms with van der Waals surface area (Å²) in [5, 5.41) is 5.57. The summed E-state index contributed by atoms with van der Waals surface area (Å²) < 4.78 is 13.8. The molecule has 0 spiro atoms. The molecule has 8 heteroatoms. The monoisotopic (exact) mass is 664 g/mol. The summed E-state index contributed by atoms with van der Waals surface area (Å²) in [4.78, 5) is 12.6. The van der Waals surface area contributed by atoms with Gasteiger partial charge in [-0.15, -0.1) is 0 Å². The van der Waals surface area contributed by atoms with Crippen molar-refractivity contribution in [2.24, 2.45) is 0 Å². The van der Waals surface area contributed by atoms with E-state index < -0.39 is 0 Å². The van der Waals surface area contributed by atoms with Gasteiger partial charge in [0, 0.05) is 18.6 Å². The molecule has 3 rings (SSSR count). The van der Waals surface area contributed by atoms with Gasteiger partial charge in [-0.3, -0.25) is 4.79 Å². The lowest BCUT2D eigenvalue weighted by atomic mass is 10.1. The van der Waals surface area contributed by atoms with E-state index in [0.29, 0.717) is 29.7 Å². The molecule has 0 bridgehead atoms. The van der Waals surface area contributed by atoms with Crippen LogP contribution in [0.3, 0.4) is 0 Å². The summed E-state index contributed by atoms with van der Waals surface area (Å²) in [5.41, 5.74) is 5.09. The van der Waals surface area contributed by atoms with Crippen LogP contribution in [0, 0.1) is 6.92 Å². The Morgan fingerprint density at radius 2 is 1.56 bits per heavy atom. The molecule has 5 nitrogen and oxygen atoms in total. The fourth-order valence-electron chi connectivity index (χ4n) is 4.63. The number of nitrogens with zero attached hydrogens (tertiary/aromatic N) is 1. The molecular weight excluding hydrogens is 620 g/mol. The number of hydrogen-bond donors (Lipinski definition) is 1. The Hall–Kier alpha value is -2.09. The first-order valence-electron chi connectivity index (χ1n) is 14.9. The Labute approximate surface area is 266 Å². The molecule has 0 atom stereocenters. The maximum Gasteiger partial charge on any atom is 0.262 e. The summed E-state index contributed by atoms with van der Waals surface area (Å²) in [6.07, 6.45) is 15.8. The van der Waals surface area contributed by atoms with Gasteiger partial charge in [0.2, 0.25) is 5.51 Å². The lowest BCUT2D eigenvalue weighted by molar-refractivity contribution is -0.689. The normalized spacial score (nSPS) is 10.7. The van der Waals surface area contributed by atoms with Crippen LogP contribution in [0.4, 0.5) is 5.69 Å². The van der Waals surface area contributed by atoms with Gasteiger partial charge in [-0.05, 0) is 24.6 Å². The van der Waals surface area contributed by atoms with Crippen LogP contribution in [-0.2, 0) is 11.3 Å². The van der Waals surface area contributed by atoms with Crippen LogP contribution >= 0.6 is 22.9 Å². The third-order valence-electron chi connectivity index (χ3n) is 7.04. The Morgan fingerprint density at radius 3 is 2.20 bits per heavy atom. The molecule has 41 heavy (non-hydrogen) atoms. The number of carbonyl (C=O) groups excluding carboxylic acids is 1. The number of ether oxygens (including phenoxy) is 2. The predicted octanol–water partition coefficient (Wildman–Crippen LogP) is 6.15. The molecule has 1 amide bonds.